The highest BCUT2D eigenvalue weighted by atomic mass is 32.2. The Hall–Kier alpha value is -2.60. The third-order valence-corrected chi connectivity index (χ3v) is 7.34. The normalized spacial score (nSPS) is 18.3. The van der Waals surface area contributed by atoms with E-state index < -0.39 is 5.60 Å². The Kier molecular flexibility index (Phi) is 7.37. The zero-order chi connectivity index (χ0) is 24.5. The van der Waals surface area contributed by atoms with Gasteiger partial charge in [0.25, 0.3) is 0 Å². The maximum absolute atomic E-state index is 13.5. The third-order valence-electron chi connectivity index (χ3n) is 6.59. The molecular formula is C27H33NO4S. The fraction of sp³-hybridized carbons (Fsp3) is 0.444. The van der Waals surface area contributed by atoms with Gasteiger partial charge in [0.2, 0.25) is 5.91 Å². The Morgan fingerprint density at radius 1 is 1.00 bits per heavy atom. The van der Waals surface area contributed by atoms with Crippen LogP contribution in [0.4, 0.5) is 0 Å². The average Bonchev–Trinajstić information content (AvgIpc) is 3.21. The minimum Gasteiger partial charge on any atom is -0.480 e. The van der Waals surface area contributed by atoms with Gasteiger partial charge in [0.15, 0.2) is 17.2 Å². The SMILES string of the molecule is CSc1ccc(C(=O)C2CN(C(C)=O)CC2c2cc(C)c(OC(C)(C)C(C)=O)c(C)c2)cc1. The Labute approximate surface area is 200 Å². The molecule has 1 saturated heterocycles. The highest BCUT2D eigenvalue weighted by Gasteiger charge is 2.40. The van der Waals surface area contributed by atoms with Crippen LogP contribution in [-0.2, 0) is 9.59 Å². The number of hydrogen-bond donors (Lipinski definition) is 0. The maximum atomic E-state index is 13.5. The van der Waals surface area contributed by atoms with Crippen molar-refractivity contribution in [2.75, 3.05) is 19.3 Å². The van der Waals surface area contributed by atoms with Crippen molar-refractivity contribution < 1.29 is 19.1 Å². The number of ketones is 2. The van der Waals surface area contributed by atoms with E-state index in [0.717, 1.165) is 21.6 Å². The second-order valence-corrected chi connectivity index (χ2v) is 10.3. The predicted molar refractivity (Wildman–Crippen MR) is 132 cm³/mol. The van der Waals surface area contributed by atoms with Gasteiger partial charge in [-0.1, -0.05) is 24.3 Å². The largest absolute Gasteiger partial charge is 0.480 e. The summed E-state index contributed by atoms with van der Waals surface area (Å²) < 4.78 is 6.08. The number of benzene rings is 2. The van der Waals surface area contributed by atoms with Gasteiger partial charge in [0.1, 0.15) is 5.75 Å². The van der Waals surface area contributed by atoms with Crippen LogP contribution in [0.15, 0.2) is 41.3 Å². The lowest BCUT2D eigenvalue weighted by molar-refractivity contribution is -0.129. The quantitative estimate of drug-likeness (QED) is 0.413. The lowest BCUT2D eigenvalue weighted by Crippen LogP contribution is -2.36. The summed E-state index contributed by atoms with van der Waals surface area (Å²) in [5.74, 6) is 0.267. The minimum absolute atomic E-state index is 0.0235. The fourth-order valence-electron chi connectivity index (χ4n) is 4.32. The topological polar surface area (TPSA) is 63.7 Å². The van der Waals surface area contributed by atoms with E-state index in [9.17, 15) is 14.4 Å². The number of aryl methyl sites for hydroxylation is 2. The summed E-state index contributed by atoms with van der Waals surface area (Å²) >= 11 is 1.64. The predicted octanol–water partition coefficient (Wildman–Crippen LogP) is 5.22. The summed E-state index contributed by atoms with van der Waals surface area (Å²) in [5, 5.41) is 0. The standard InChI is InChI=1S/C27H33NO4S/c1-16-12-21(13-17(2)26(16)32-27(5,6)18(3)29)23-14-28(19(4)30)15-24(23)25(31)20-8-10-22(33-7)11-9-20/h8-13,23-24H,14-15H2,1-7H3. The van der Waals surface area contributed by atoms with Gasteiger partial charge in [-0.25, -0.2) is 0 Å². The summed E-state index contributed by atoms with van der Waals surface area (Å²) in [6, 6.07) is 11.7. The summed E-state index contributed by atoms with van der Waals surface area (Å²) in [6.45, 7) is 11.4. The number of amides is 1. The van der Waals surface area contributed by atoms with Crippen LogP contribution in [0.5, 0.6) is 5.75 Å². The second kappa shape index (κ2) is 9.72. The van der Waals surface area contributed by atoms with E-state index in [1.807, 2.05) is 56.5 Å². The van der Waals surface area contributed by atoms with Crippen LogP contribution in [0, 0.1) is 19.8 Å². The average molecular weight is 468 g/mol. The molecule has 3 rings (SSSR count). The number of ether oxygens (including phenoxy) is 1. The van der Waals surface area contributed by atoms with E-state index in [2.05, 4.69) is 0 Å². The molecule has 1 amide bonds. The first kappa shape index (κ1) is 25.0. The maximum Gasteiger partial charge on any atom is 0.219 e. The molecule has 0 radical (unpaired) electrons. The lowest BCUT2D eigenvalue weighted by Gasteiger charge is -2.27. The van der Waals surface area contributed by atoms with E-state index in [1.165, 1.54) is 6.92 Å². The van der Waals surface area contributed by atoms with E-state index in [0.29, 0.717) is 24.4 Å². The van der Waals surface area contributed by atoms with Crippen molar-refractivity contribution in [3.05, 3.63) is 58.7 Å². The molecule has 1 fully saturated rings. The molecule has 0 aliphatic carbocycles. The molecule has 0 bridgehead atoms. The zero-order valence-electron chi connectivity index (χ0n) is 20.5. The summed E-state index contributed by atoms with van der Waals surface area (Å²) in [5.41, 5.74) is 2.59. The molecule has 1 aliphatic heterocycles. The number of Topliss-reactive ketones (excluding diaryl/α,β-unsaturated/α-hetero) is 2. The molecular weight excluding hydrogens is 434 g/mol. The van der Waals surface area contributed by atoms with Crippen LogP contribution >= 0.6 is 11.8 Å². The van der Waals surface area contributed by atoms with Crippen molar-refractivity contribution in [3.8, 4) is 5.75 Å². The van der Waals surface area contributed by atoms with E-state index in [1.54, 1.807) is 37.4 Å². The number of carbonyl (C=O) groups is 3. The van der Waals surface area contributed by atoms with Crippen molar-refractivity contribution in [1.29, 1.82) is 0 Å². The molecule has 176 valence electrons. The molecule has 0 N–H and O–H groups in total. The number of likely N-dealkylation sites (tertiary alicyclic amines) is 1. The van der Waals surface area contributed by atoms with Gasteiger partial charge in [0, 0.05) is 42.3 Å². The molecule has 5 nitrogen and oxygen atoms in total. The molecule has 6 heteroatoms. The third kappa shape index (κ3) is 5.32. The Balaban J connectivity index is 1.96. The van der Waals surface area contributed by atoms with Crippen LogP contribution in [-0.4, -0.2) is 47.3 Å². The van der Waals surface area contributed by atoms with E-state index >= 15 is 0 Å². The van der Waals surface area contributed by atoms with Crippen molar-refractivity contribution in [2.24, 2.45) is 5.92 Å². The molecule has 2 unspecified atom stereocenters. The molecule has 0 saturated carbocycles. The first-order valence-electron chi connectivity index (χ1n) is 11.2. The number of rotatable bonds is 7. The van der Waals surface area contributed by atoms with Gasteiger partial charge in [-0.3, -0.25) is 14.4 Å². The van der Waals surface area contributed by atoms with Crippen molar-refractivity contribution in [1.82, 2.24) is 4.90 Å². The van der Waals surface area contributed by atoms with Gasteiger partial charge in [-0.2, -0.15) is 0 Å². The van der Waals surface area contributed by atoms with Crippen LogP contribution in [0.1, 0.15) is 60.7 Å². The fourth-order valence-corrected chi connectivity index (χ4v) is 4.73. The summed E-state index contributed by atoms with van der Waals surface area (Å²) in [4.78, 5) is 40.5. The molecule has 0 aromatic heterocycles. The first-order chi connectivity index (χ1) is 15.4. The first-order valence-corrected chi connectivity index (χ1v) is 12.4. The molecule has 2 aromatic rings. The minimum atomic E-state index is -0.919. The summed E-state index contributed by atoms with van der Waals surface area (Å²) in [6.07, 6.45) is 2.00. The highest BCUT2D eigenvalue weighted by molar-refractivity contribution is 7.98. The molecule has 1 aliphatic rings. The van der Waals surface area contributed by atoms with Gasteiger partial charge >= 0.3 is 0 Å². The van der Waals surface area contributed by atoms with E-state index in [4.69, 9.17) is 4.74 Å². The van der Waals surface area contributed by atoms with Gasteiger partial charge in [-0.15, -0.1) is 11.8 Å². The van der Waals surface area contributed by atoms with Crippen molar-refractivity contribution in [2.45, 2.75) is 58.0 Å². The van der Waals surface area contributed by atoms with Gasteiger partial charge in [0.05, 0.1) is 0 Å². The molecule has 2 aromatic carbocycles. The van der Waals surface area contributed by atoms with Gasteiger partial charge in [-0.05, 0) is 69.7 Å². The number of nitrogens with zero attached hydrogens (tertiary/aromatic N) is 1. The van der Waals surface area contributed by atoms with Crippen molar-refractivity contribution >= 4 is 29.2 Å². The molecule has 0 spiro atoms. The Morgan fingerprint density at radius 3 is 2.06 bits per heavy atom. The monoisotopic (exact) mass is 467 g/mol. The van der Waals surface area contributed by atoms with Crippen LogP contribution in [0.2, 0.25) is 0 Å². The number of thioether (sulfide) groups is 1. The highest BCUT2D eigenvalue weighted by Crippen LogP contribution is 2.39. The molecule has 33 heavy (non-hydrogen) atoms. The Morgan fingerprint density at radius 2 is 1.58 bits per heavy atom. The smallest absolute Gasteiger partial charge is 0.219 e. The molecule has 2 atom stereocenters. The van der Waals surface area contributed by atoms with Crippen molar-refractivity contribution in [3.63, 3.8) is 0 Å². The molecule has 1 heterocycles. The second-order valence-electron chi connectivity index (χ2n) is 9.38. The Bertz CT molecular complexity index is 1050. The number of hydrogen-bond acceptors (Lipinski definition) is 5. The zero-order valence-corrected chi connectivity index (χ0v) is 21.3. The lowest BCUT2D eigenvalue weighted by atomic mass is 9.82. The van der Waals surface area contributed by atoms with Crippen LogP contribution in [0.3, 0.4) is 0 Å². The summed E-state index contributed by atoms with van der Waals surface area (Å²) in [7, 11) is 0. The number of carbonyl (C=O) groups excluding carboxylic acids is 3. The van der Waals surface area contributed by atoms with Crippen LogP contribution in [0.25, 0.3) is 0 Å². The van der Waals surface area contributed by atoms with E-state index in [-0.39, 0.29) is 29.3 Å². The van der Waals surface area contributed by atoms with Crippen LogP contribution < -0.4 is 4.74 Å². The van der Waals surface area contributed by atoms with Gasteiger partial charge < -0.3 is 9.64 Å².